The smallest absolute Gasteiger partial charge is 0.0585 e. The monoisotopic (exact) mass is 225 g/mol. The normalized spacial score (nSPS) is 36.9. The van der Waals surface area contributed by atoms with Gasteiger partial charge in [0.2, 0.25) is 0 Å². The molecule has 0 heterocycles. The predicted molar refractivity (Wildman–Crippen MR) is 66.9 cm³/mol. The quantitative estimate of drug-likeness (QED) is 0.754. The summed E-state index contributed by atoms with van der Waals surface area (Å²) in [4.78, 5) is 0. The molecule has 0 aromatic heterocycles. The molecule has 2 fully saturated rings. The van der Waals surface area contributed by atoms with E-state index in [4.69, 9.17) is 5.73 Å². The summed E-state index contributed by atoms with van der Waals surface area (Å²) in [7, 11) is 0. The minimum absolute atomic E-state index is 0.172. The molecule has 2 saturated carbocycles. The molecule has 0 spiro atoms. The second kappa shape index (κ2) is 5.05. The zero-order valence-corrected chi connectivity index (χ0v) is 10.7. The first-order valence-corrected chi connectivity index (χ1v) is 7.00. The van der Waals surface area contributed by atoms with Gasteiger partial charge < -0.3 is 10.8 Å². The van der Waals surface area contributed by atoms with Crippen LogP contribution in [-0.2, 0) is 0 Å². The van der Waals surface area contributed by atoms with Crippen molar-refractivity contribution in [2.75, 3.05) is 6.54 Å². The highest BCUT2D eigenvalue weighted by atomic mass is 16.3. The van der Waals surface area contributed by atoms with Crippen LogP contribution < -0.4 is 5.73 Å². The van der Waals surface area contributed by atoms with Crippen molar-refractivity contribution in [3.63, 3.8) is 0 Å². The average Bonchev–Trinajstić information content (AvgIpc) is 2.79. The van der Waals surface area contributed by atoms with Gasteiger partial charge in [0.05, 0.1) is 6.10 Å². The van der Waals surface area contributed by atoms with E-state index in [1.54, 1.807) is 0 Å². The summed E-state index contributed by atoms with van der Waals surface area (Å²) in [5, 5.41) is 10.3. The van der Waals surface area contributed by atoms with Crippen molar-refractivity contribution in [3.05, 3.63) is 0 Å². The highest BCUT2D eigenvalue weighted by Gasteiger charge is 2.40. The number of aliphatic hydroxyl groups excluding tert-OH is 1. The molecule has 2 heteroatoms. The summed E-state index contributed by atoms with van der Waals surface area (Å²) in [5.41, 5.74) is 5.76. The van der Waals surface area contributed by atoms with E-state index in [9.17, 15) is 5.11 Å². The van der Waals surface area contributed by atoms with E-state index in [-0.39, 0.29) is 6.10 Å². The molecule has 0 aliphatic heterocycles. The van der Waals surface area contributed by atoms with Gasteiger partial charge in [-0.05, 0) is 61.8 Å². The Balaban J connectivity index is 1.84. The second-order valence-corrected chi connectivity index (χ2v) is 6.38. The molecule has 2 bridgehead atoms. The Hall–Kier alpha value is -0.0800. The first kappa shape index (κ1) is 12.4. The summed E-state index contributed by atoms with van der Waals surface area (Å²) in [6, 6.07) is 0. The third kappa shape index (κ3) is 2.43. The summed E-state index contributed by atoms with van der Waals surface area (Å²) in [6.45, 7) is 4.96. The summed E-state index contributed by atoms with van der Waals surface area (Å²) < 4.78 is 0. The van der Waals surface area contributed by atoms with Gasteiger partial charge in [-0.3, -0.25) is 0 Å². The predicted octanol–water partition coefficient (Wildman–Crippen LogP) is 2.40. The van der Waals surface area contributed by atoms with Gasteiger partial charge in [0.15, 0.2) is 0 Å². The van der Waals surface area contributed by atoms with E-state index in [0.717, 1.165) is 24.2 Å². The maximum absolute atomic E-state index is 10.3. The van der Waals surface area contributed by atoms with Crippen LogP contribution in [0.4, 0.5) is 0 Å². The third-order valence-electron chi connectivity index (χ3n) is 5.05. The van der Waals surface area contributed by atoms with Gasteiger partial charge in [0.25, 0.3) is 0 Å². The highest BCUT2D eigenvalue weighted by Crippen LogP contribution is 2.50. The number of hydrogen-bond acceptors (Lipinski definition) is 2. The van der Waals surface area contributed by atoms with E-state index >= 15 is 0 Å². The van der Waals surface area contributed by atoms with E-state index in [1.165, 1.54) is 25.7 Å². The molecule has 2 rings (SSSR count). The molecule has 16 heavy (non-hydrogen) atoms. The fourth-order valence-electron chi connectivity index (χ4n) is 4.02. The lowest BCUT2D eigenvalue weighted by molar-refractivity contribution is 0.0537. The van der Waals surface area contributed by atoms with Crippen LogP contribution in [0.2, 0.25) is 0 Å². The number of aliphatic hydroxyl groups is 1. The highest BCUT2D eigenvalue weighted by molar-refractivity contribution is 4.91. The Morgan fingerprint density at radius 1 is 1.25 bits per heavy atom. The molecular weight excluding hydrogens is 198 g/mol. The van der Waals surface area contributed by atoms with Crippen molar-refractivity contribution < 1.29 is 5.11 Å². The van der Waals surface area contributed by atoms with E-state index < -0.39 is 0 Å². The maximum Gasteiger partial charge on any atom is 0.0585 e. The van der Waals surface area contributed by atoms with Crippen molar-refractivity contribution in [1.29, 1.82) is 0 Å². The van der Waals surface area contributed by atoms with Gasteiger partial charge in [-0.15, -0.1) is 0 Å². The molecule has 94 valence electrons. The van der Waals surface area contributed by atoms with Crippen LogP contribution in [0.5, 0.6) is 0 Å². The molecule has 0 aromatic carbocycles. The number of nitrogens with two attached hydrogens (primary N) is 1. The zero-order valence-electron chi connectivity index (χ0n) is 10.7. The summed E-state index contributed by atoms with van der Waals surface area (Å²) >= 11 is 0. The Kier molecular flexibility index (Phi) is 3.91. The first-order chi connectivity index (χ1) is 7.61. The third-order valence-corrected chi connectivity index (χ3v) is 5.05. The van der Waals surface area contributed by atoms with Gasteiger partial charge in [-0.2, -0.15) is 0 Å². The second-order valence-electron chi connectivity index (χ2n) is 6.38. The average molecular weight is 225 g/mol. The molecule has 3 N–H and O–H groups in total. The fraction of sp³-hybridized carbons (Fsp3) is 1.00. The van der Waals surface area contributed by atoms with Crippen molar-refractivity contribution in [3.8, 4) is 0 Å². The molecule has 2 nitrogen and oxygen atoms in total. The van der Waals surface area contributed by atoms with Gasteiger partial charge in [0.1, 0.15) is 0 Å². The van der Waals surface area contributed by atoms with Crippen molar-refractivity contribution in [2.24, 2.45) is 35.3 Å². The largest absolute Gasteiger partial charge is 0.393 e. The molecular formula is C14H27NO. The Labute approximate surface area is 99.6 Å². The van der Waals surface area contributed by atoms with Crippen molar-refractivity contribution in [1.82, 2.24) is 0 Å². The summed E-state index contributed by atoms with van der Waals surface area (Å²) in [6.07, 6.45) is 6.50. The molecule has 0 saturated heterocycles. The van der Waals surface area contributed by atoms with Gasteiger partial charge in [0, 0.05) is 0 Å². The van der Waals surface area contributed by atoms with Crippen LogP contribution in [0.3, 0.4) is 0 Å². The zero-order chi connectivity index (χ0) is 11.7. The van der Waals surface area contributed by atoms with Gasteiger partial charge >= 0.3 is 0 Å². The number of fused-ring (bicyclic) bond motifs is 2. The molecule has 5 unspecified atom stereocenters. The van der Waals surface area contributed by atoms with Crippen molar-refractivity contribution in [2.45, 2.75) is 52.1 Å². The van der Waals surface area contributed by atoms with E-state index in [1.807, 2.05) is 0 Å². The molecule has 2 aliphatic carbocycles. The maximum atomic E-state index is 10.3. The minimum atomic E-state index is -0.172. The van der Waals surface area contributed by atoms with E-state index in [0.29, 0.717) is 18.4 Å². The lowest BCUT2D eigenvalue weighted by atomic mass is 9.79. The number of rotatable bonds is 5. The van der Waals surface area contributed by atoms with Crippen LogP contribution in [0.25, 0.3) is 0 Å². The topological polar surface area (TPSA) is 46.2 Å². The molecule has 0 radical (unpaired) electrons. The minimum Gasteiger partial charge on any atom is -0.393 e. The molecule has 5 atom stereocenters. The van der Waals surface area contributed by atoms with Gasteiger partial charge in [-0.25, -0.2) is 0 Å². The standard InChI is InChI=1S/C14H27NO/c1-9(2)13(8-15)14(16)7-12-6-10-3-4-11(12)5-10/h9-14,16H,3-8,15H2,1-2H3. The number of hydrogen-bond donors (Lipinski definition) is 2. The Morgan fingerprint density at radius 2 is 2.00 bits per heavy atom. The summed E-state index contributed by atoms with van der Waals surface area (Å²) in [5.74, 6) is 3.49. The van der Waals surface area contributed by atoms with Gasteiger partial charge in [-0.1, -0.05) is 20.3 Å². The Bertz CT molecular complexity index is 229. The van der Waals surface area contributed by atoms with Crippen LogP contribution >= 0.6 is 0 Å². The molecule has 0 aromatic rings. The van der Waals surface area contributed by atoms with E-state index in [2.05, 4.69) is 13.8 Å². The van der Waals surface area contributed by atoms with Crippen LogP contribution in [0.1, 0.15) is 46.0 Å². The molecule has 2 aliphatic rings. The van der Waals surface area contributed by atoms with Crippen molar-refractivity contribution >= 4 is 0 Å². The van der Waals surface area contributed by atoms with Crippen LogP contribution in [0.15, 0.2) is 0 Å². The first-order valence-electron chi connectivity index (χ1n) is 7.00. The molecule has 0 amide bonds. The SMILES string of the molecule is CC(C)C(CN)C(O)CC1CC2CCC1C2. The Morgan fingerprint density at radius 3 is 2.44 bits per heavy atom. The lowest BCUT2D eigenvalue weighted by Gasteiger charge is -2.30. The fourth-order valence-corrected chi connectivity index (χ4v) is 4.02. The van der Waals surface area contributed by atoms with Crippen LogP contribution in [0, 0.1) is 29.6 Å². The van der Waals surface area contributed by atoms with Crippen LogP contribution in [-0.4, -0.2) is 17.8 Å². The lowest BCUT2D eigenvalue weighted by Crippen LogP contribution is -2.34.